The van der Waals surface area contributed by atoms with Crippen LogP contribution in [0.4, 0.5) is 18.9 Å². The van der Waals surface area contributed by atoms with Gasteiger partial charge < -0.3 is 10.2 Å². The van der Waals surface area contributed by atoms with Crippen LogP contribution in [0.1, 0.15) is 32.6 Å². The number of benzene rings is 2. The van der Waals surface area contributed by atoms with E-state index in [1.165, 1.54) is 19.3 Å². The van der Waals surface area contributed by atoms with Crippen molar-refractivity contribution in [1.29, 1.82) is 0 Å². The molecule has 0 saturated heterocycles. The third kappa shape index (κ3) is 6.23. The average Bonchev–Trinajstić information content (AvgIpc) is 3.36. The van der Waals surface area contributed by atoms with E-state index in [2.05, 4.69) is 25.6 Å². The van der Waals surface area contributed by atoms with Crippen molar-refractivity contribution in [3.8, 4) is 16.9 Å². The molecule has 0 unspecified atom stereocenters. The van der Waals surface area contributed by atoms with Gasteiger partial charge in [0.05, 0.1) is 17.4 Å². The second-order valence-corrected chi connectivity index (χ2v) is 9.32. The molecule has 198 valence electrons. The van der Waals surface area contributed by atoms with Crippen LogP contribution in [0.3, 0.4) is 0 Å². The summed E-state index contributed by atoms with van der Waals surface area (Å²) in [4.78, 5) is 23.1. The molecule has 0 aliphatic heterocycles. The maximum atomic E-state index is 13.8. The third-order valence-electron chi connectivity index (χ3n) is 6.14. The molecule has 0 bridgehead atoms. The number of aryl methyl sites for hydroxylation is 1. The number of carbonyl (C=O) groups is 1. The molecule has 38 heavy (non-hydrogen) atoms. The Labute approximate surface area is 218 Å². The van der Waals surface area contributed by atoms with Crippen LogP contribution < -0.4 is 5.32 Å². The SMILES string of the molecule is Cc1ccc(CC(=O)c2cc(NCCN(C)C)c(C)c(C(F)(F)F)c2)cc1-n1cc(-c2cncnc2)nn1. The van der Waals surface area contributed by atoms with Gasteiger partial charge in [0, 0.05) is 48.7 Å². The second-order valence-electron chi connectivity index (χ2n) is 9.32. The van der Waals surface area contributed by atoms with Gasteiger partial charge in [-0.2, -0.15) is 13.2 Å². The number of anilines is 1. The van der Waals surface area contributed by atoms with E-state index in [1.807, 2.05) is 32.0 Å². The highest BCUT2D eigenvalue weighted by Gasteiger charge is 2.34. The number of hydrogen-bond donors (Lipinski definition) is 1. The number of alkyl halides is 3. The Kier molecular flexibility index (Phi) is 7.86. The van der Waals surface area contributed by atoms with E-state index in [9.17, 15) is 18.0 Å². The fraction of sp³-hybridized carbons (Fsp3) is 0.296. The highest BCUT2D eigenvalue weighted by atomic mass is 19.4. The van der Waals surface area contributed by atoms with Crippen molar-refractivity contribution in [3.63, 3.8) is 0 Å². The first kappa shape index (κ1) is 26.9. The number of nitrogens with zero attached hydrogens (tertiary/aromatic N) is 6. The number of hydrogen-bond acceptors (Lipinski definition) is 7. The summed E-state index contributed by atoms with van der Waals surface area (Å²) in [5.74, 6) is -0.415. The topological polar surface area (TPSA) is 88.8 Å². The number of carbonyl (C=O) groups excluding carboxylic acids is 1. The molecule has 1 N–H and O–H groups in total. The number of halogens is 3. The number of rotatable bonds is 9. The Hall–Kier alpha value is -4.12. The van der Waals surface area contributed by atoms with Crippen molar-refractivity contribution >= 4 is 11.5 Å². The average molecular weight is 524 g/mol. The van der Waals surface area contributed by atoms with Crippen LogP contribution in [-0.4, -0.2) is 62.8 Å². The Morgan fingerprint density at radius 2 is 1.82 bits per heavy atom. The van der Waals surface area contributed by atoms with Gasteiger partial charge in [0.2, 0.25) is 0 Å². The summed E-state index contributed by atoms with van der Waals surface area (Å²) in [6.45, 7) is 4.38. The van der Waals surface area contributed by atoms with Gasteiger partial charge in [-0.05, 0) is 62.8 Å². The van der Waals surface area contributed by atoms with Crippen molar-refractivity contribution in [3.05, 3.63) is 83.1 Å². The van der Waals surface area contributed by atoms with Crippen LogP contribution in [0, 0.1) is 13.8 Å². The van der Waals surface area contributed by atoms with Crippen molar-refractivity contribution < 1.29 is 18.0 Å². The second kappa shape index (κ2) is 11.1. The van der Waals surface area contributed by atoms with Gasteiger partial charge in [-0.25, -0.2) is 14.6 Å². The van der Waals surface area contributed by atoms with E-state index in [-0.39, 0.29) is 17.5 Å². The van der Waals surface area contributed by atoms with E-state index in [0.717, 1.165) is 11.6 Å². The van der Waals surface area contributed by atoms with E-state index in [4.69, 9.17) is 0 Å². The minimum Gasteiger partial charge on any atom is -0.384 e. The Bertz CT molecular complexity index is 1430. The first-order valence-corrected chi connectivity index (χ1v) is 11.9. The molecule has 0 radical (unpaired) electrons. The Morgan fingerprint density at radius 3 is 2.50 bits per heavy atom. The van der Waals surface area contributed by atoms with Crippen LogP contribution in [0.5, 0.6) is 0 Å². The molecule has 4 rings (SSSR count). The minimum atomic E-state index is -4.58. The molecule has 0 fully saturated rings. The van der Waals surface area contributed by atoms with E-state index in [0.29, 0.717) is 41.3 Å². The number of Topliss-reactive ketones (excluding diaryl/α,β-unsaturated/α-hetero) is 1. The van der Waals surface area contributed by atoms with E-state index < -0.39 is 17.5 Å². The maximum Gasteiger partial charge on any atom is 0.416 e. The molecule has 2 aromatic carbocycles. The lowest BCUT2D eigenvalue weighted by molar-refractivity contribution is -0.138. The van der Waals surface area contributed by atoms with Gasteiger partial charge in [0.25, 0.3) is 0 Å². The summed E-state index contributed by atoms with van der Waals surface area (Å²) in [5, 5.41) is 11.4. The highest BCUT2D eigenvalue weighted by molar-refractivity contribution is 5.99. The lowest BCUT2D eigenvalue weighted by atomic mass is 9.96. The largest absolute Gasteiger partial charge is 0.416 e. The number of nitrogens with one attached hydrogen (secondary N) is 1. The molecule has 2 heterocycles. The Balaban J connectivity index is 1.61. The summed E-state index contributed by atoms with van der Waals surface area (Å²) < 4.78 is 43.0. The minimum absolute atomic E-state index is 0.00419. The molecule has 8 nitrogen and oxygen atoms in total. The van der Waals surface area contributed by atoms with Gasteiger partial charge >= 0.3 is 6.18 Å². The molecule has 2 aromatic heterocycles. The zero-order valence-corrected chi connectivity index (χ0v) is 21.5. The molecular formula is C27H28F3N7O. The normalized spacial score (nSPS) is 11.7. The van der Waals surface area contributed by atoms with E-state index >= 15 is 0 Å². The predicted octanol–water partition coefficient (Wildman–Crippen LogP) is 4.76. The highest BCUT2D eigenvalue weighted by Crippen LogP contribution is 2.36. The van der Waals surface area contributed by atoms with Crippen LogP contribution in [-0.2, 0) is 12.6 Å². The summed E-state index contributed by atoms with van der Waals surface area (Å²) in [5.41, 5.74) is 3.08. The van der Waals surface area contributed by atoms with Crippen LogP contribution >= 0.6 is 0 Å². The monoisotopic (exact) mass is 523 g/mol. The fourth-order valence-corrected chi connectivity index (χ4v) is 4.01. The summed E-state index contributed by atoms with van der Waals surface area (Å²) in [6.07, 6.45) is 1.76. The summed E-state index contributed by atoms with van der Waals surface area (Å²) >= 11 is 0. The molecule has 0 amide bonds. The van der Waals surface area contributed by atoms with Crippen LogP contribution in [0.2, 0.25) is 0 Å². The van der Waals surface area contributed by atoms with Gasteiger partial charge in [-0.15, -0.1) is 5.10 Å². The number of likely N-dealkylation sites (N-methyl/N-ethyl adjacent to an activating group) is 1. The predicted molar refractivity (Wildman–Crippen MR) is 138 cm³/mol. The van der Waals surface area contributed by atoms with Crippen molar-refractivity contribution in [2.45, 2.75) is 26.4 Å². The van der Waals surface area contributed by atoms with Crippen molar-refractivity contribution in [1.82, 2.24) is 29.9 Å². The lowest BCUT2D eigenvalue weighted by Gasteiger charge is -2.18. The molecule has 0 spiro atoms. The molecule has 0 atom stereocenters. The molecular weight excluding hydrogens is 495 g/mol. The van der Waals surface area contributed by atoms with Crippen molar-refractivity contribution in [2.24, 2.45) is 0 Å². The van der Waals surface area contributed by atoms with Crippen molar-refractivity contribution in [2.75, 3.05) is 32.5 Å². The first-order valence-electron chi connectivity index (χ1n) is 11.9. The van der Waals surface area contributed by atoms with E-state index in [1.54, 1.807) is 35.4 Å². The third-order valence-corrected chi connectivity index (χ3v) is 6.14. The van der Waals surface area contributed by atoms with Crippen LogP contribution in [0.25, 0.3) is 16.9 Å². The molecule has 0 aliphatic rings. The molecule has 0 aliphatic carbocycles. The molecule has 11 heteroatoms. The van der Waals surface area contributed by atoms with Gasteiger partial charge in [-0.1, -0.05) is 17.3 Å². The van der Waals surface area contributed by atoms with Crippen LogP contribution in [0.15, 0.2) is 55.2 Å². The fourth-order valence-electron chi connectivity index (χ4n) is 4.01. The zero-order valence-electron chi connectivity index (χ0n) is 21.5. The summed E-state index contributed by atoms with van der Waals surface area (Å²) in [6, 6.07) is 7.87. The molecule has 4 aromatic rings. The standard InChI is InChI=1S/C27H28F3N7O/c1-17-5-6-19(9-25(17)37-15-24(34-35-37)21-13-31-16-32-14-21)10-26(38)20-11-22(27(28,29)30)18(2)23(12-20)33-7-8-36(3)4/h5-6,9,11-16,33H,7-8,10H2,1-4H3. The quantitative estimate of drug-likeness (QED) is 0.317. The van der Waals surface area contributed by atoms with Gasteiger partial charge in [-0.3, -0.25) is 4.79 Å². The Morgan fingerprint density at radius 1 is 1.08 bits per heavy atom. The van der Waals surface area contributed by atoms with Gasteiger partial charge in [0.15, 0.2) is 5.78 Å². The maximum absolute atomic E-state index is 13.8. The number of ketones is 1. The summed E-state index contributed by atoms with van der Waals surface area (Å²) in [7, 11) is 3.75. The smallest absolute Gasteiger partial charge is 0.384 e. The lowest BCUT2D eigenvalue weighted by Crippen LogP contribution is -2.22. The number of aromatic nitrogens is 5. The molecule has 0 saturated carbocycles. The first-order chi connectivity index (χ1) is 18.0. The zero-order chi connectivity index (χ0) is 27.4. The van der Waals surface area contributed by atoms with Gasteiger partial charge in [0.1, 0.15) is 12.0 Å².